The molecule has 106 valence electrons. The minimum Gasteiger partial charge on any atom is -0.486 e. The predicted molar refractivity (Wildman–Crippen MR) is 71.5 cm³/mol. The summed E-state index contributed by atoms with van der Waals surface area (Å²) in [5.41, 5.74) is 0.775. The van der Waals surface area contributed by atoms with Crippen LogP contribution >= 0.6 is 0 Å². The molecule has 1 N–H and O–H groups in total. The number of rotatable bonds is 5. The van der Waals surface area contributed by atoms with Crippen LogP contribution in [0.25, 0.3) is 0 Å². The first kappa shape index (κ1) is 14.1. The molecule has 1 heterocycles. The van der Waals surface area contributed by atoms with Gasteiger partial charge in [-0.2, -0.15) is 0 Å². The van der Waals surface area contributed by atoms with Crippen LogP contribution in [-0.4, -0.2) is 18.2 Å². The summed E-state index contributed by atoms with van der Waals surface area (Å²) >= 11 is 0. The Morgan fingerprint density at radius 3 is 2.85 bits per heavy atom. The van der Waals surface area contributed by atoms with Gasteiger partial charge in [-0.05, 0) is 36.8 Å². The average molecular weight is 276 g/mol. The summed E-state index contributed by atoms with van der Waals surface area (Å²) in [7, 11) is 1.29. The molecular weight excluding hydrogens is 260 g/mol. The second-order valence-electron chi connectivity index (χ2n) is 4.29. The van der Waals surface area contributed by atoms with Gasteiger partial charge in [-0.15, -0.1) is 0 Å². The Bertz CT molecular complexity index is 585. The highest BCUT2D eigenvalue weighted by molar-refractivity contribution is 5.86. The Morgan fingerprint density at radius 2 is 2.15 bits per heavy atom. The molecule has 1 atom stereocenters. The number of aliphatic hydroxyl groups is 1. The fourth-order valence-electron chi connectivity index (χ4n) is 1.68. The number of hydrogen-bond donors (Lipinski definition) is 1. The molecule has 0 spiro atoms. The van der Waals surface area contributed by atoms with E-state index >= 15 is 0 Å². The van der Waals surface area contributed by atoms with Crippen LogP contribution in [0.15, 0.2) is 40.8 Å². The quantitative estimate of drug-likeness (QED) is 0.850. The molecule has 0 aliphatic heterocycles. The minimum absolute atomic E-state index is 0.142. The maximum Gasteiger partial charge on any atom is 0.373 e. The van der Waals surface area contributed by atoms with E-state index < -0.39 is 12.1 Å². The zero-order chi connectivity index (χ0) is 14.5. The monoisotopic (exact) mass is 276 g/mol. The maximum atomic E-state index is 11.2. The summed E-state index contributed by atoms with van der Waals surface area (Å²) in [6.07, 6.45) is -0.548. The lowest BCUT2D eigenvalue weighted by Crippen LogP contribution is -1.99. The van der Waals surface area contributed by atoms with E-state index in [1.54, 1.807) is 31.2 Å². The molecule has 5 nitrogen and oxygen atoms in total. The van der Waals surface area contributed by atoms with Gasteiger partial charge in [0.25, 0.3) is 0 Å². The van der Waals surface area contributed by atoms with E-state index in [-0.39, 0.29) is 12.4 Å². The van der Waals surface area contributed by atoms with Crippen LogP contribution in [-0.2, 0) is 11.3 Å². The van der Waals surface area contributed by atoms with Gasteiger partial charge < -0.3 is 19.0 Å². The summed E-state index contributed by atoms with van der Waals surface area (Å²) in [5, 5.41) is 9.50. The molecule has 0 radical (unpaired) electrons. The zero-order valence-corrected chi connectivity index (χ0v) is 11.3. The van der Waals surface area contributed by atoms with Gasteiger partial charge in [0.1, 0.15) is 18.1 Å². The molecular formula is C15H16O5. The fourth-order valence-corrected chi connectivity index (χ4v) is 1.68. The van der Waals surface area contributed by atoms with Crippen LogP contribution in [0.2, 0.25) is 0 Å². The Morgan fingerprint density at radius 1 is 1.35 bits per heavy atom. The number of ether oxygens (including phenoxy) is 2. The number of benzene rings is 1. The summed E-state index contributed by atoms with van der Waals surface area (Å²) in [6, 6.07) is 10.4. The van der Waals surface area contributed by atoms with E-state index in [1.165, 1.54) is 13.2 Å². The molecule has 0 fully saturated rings. The Balaban J connectivity index is 2.00. The third-order valence-corrected chi connectivity index (χ3v) is 2.77. The van der Waals surface area contributed by atoms with E-state index in [9.17, 15) is 9.90 Å². The first-order valence-electron chi connectivity index (χ1n) is 6.18. The number of hydrogen-bond acceptors (Lipinski definition) is 5. The standard InChI is InChI=1S/C15H16O5/c1-10(16)11-4-3-5-12(8-11)19-9-13-6-7-14(20-13)15(17)18-2/h3-8,10,16H,9H2,1-2H3. The van der Waals surface area contributed by atoms with Crippen molar-refractivity contribution in [3.05, 3.63) is 53.5 Å². The molecule has 1 aromatic heterocycles. The Hall–Kier alpha value is -2.27. The smallest absolute Gasteiger partial charge is 0.373 e. The molecule has 0 amide bonds. The molecule has 0 aliphatic carbocycles. The first-order valence-corrected chi connectivity index (χ1v) is 6.18. The molecule has 1 unspecified atom stereocenters. The number of carbonyl (C=O) groups is 1. The highest BCUT2D eigenvalue weighted by Crippen LogP contribution is 2.20. The van der Waals surface area contributed by atoms with Gasteiger partial charge in [0.05, 0.1) is 13.2 Å². The van der Waals surface area contributed by atoms with E-state index in [0.717, 1.165) is 5.56 Å². The Labute approximate surface area is 116 Å². The number of esters is 1. The SMILES string of the molecule is COC(=O)c1ccc(COc2cccc(C(C)O)c2)o1. The van der Waals surface area contributed by atoms with Crippen molar-refractivity contribution in [2.45, 2.75) is 19.6 Å². The molecule has 0 aliphatic rings. The molecule has 1 aromatic carbocycles. The summed E-state index contributed by atoms with van der Waals surface area (Å²) in [5.74, 6) is 0.767. The van der Waals surface area contributed by atoms with Crippen LogP contribution in [0.3, 0.4) is 0 Å². The van der Waals surface area contributed by atoms with Crippen molar-refractivity contribution in [2.24, 2.45) is 0 Å². The zero-order valence-electron chi connectivity index (χ0n) is 11.3. The van der Waals surface area contributed by atoms with E-state index in [4.69, 9.17) is 9.15 Å². The van der Waals surface area contributed by atoms with Gasteiger partial charge in [0.2, 0.25) is 5.76 Å². The molecule has 20 heavy (non-hydrogen) atoms. The van der Waals surface area contributed by atoms with E-state index in [1.807, 2.05) is 6.07 Å². The summed E-state index contributed by atoms with van der Waals surface area (Å²) in [6.45, 7) is 1.88. The number of methoxy groups -OCH3 is 1. The minimum atomic E-state index is -0.548. The van der Waals surface area contributed by atoms with Crippen molar-refractivity contribution in [1.29, 1.82) is 0 Å². The number of carbonyl (C=O) groups excluding carboxylic acids is 1. The van der Waals surface area contributed by atoms with Gasteiger partial charge in [0.15, 0.2) is 0 Å². The van der Waals surface area contributed by atoms with Crippen LogP contribution < -0.4 is 4.74 Å². The topological polar surface area (TPSA) is 68.9 Å². The van der Waals surface area contributed by atoms with E-state index in [2.05, 4.69) is 4.74 Å². The van der Waals surface area contributed by atoms with Crippen molar-refractivity contribution in [1.82, 2.24) is 0 Å². The molecule has 0 bridgehead atoms. The first-order chi connectivity index (χ1) is 9.60. The van der Waals surface area contributed by atoms with Gasteiger partial charge in [-0.25, -0.2) is 4.79 Å². The summed E-state index contributed by atoms with van der Waals surface area (Å²) in [4.78, 5) is 11.2. The van der Waals surface area contributed by atoms with Gasteiger partial charge >= 0.3 is 5.97 Å². The van der Waals surface area contributed by atoms with Gasteiger partial charge in [0, 0.05) is 0 Å². The lowest BCUT2D eigenvalue weighted by molar-refractivity contribution is 0.0561. The number of aliphatic hydroxyl groups excluding tert-OH is 1. The highest BCUT2D eigenvalue weighted by atomic mass is 16.5. The van der Waals surface area contributed by atoms with Crippen LogP contribution in [0, 0.1) is 0 Å². The molecule has 2 rings (SSSR count). The third kappa shape index (κ3) is 3.39. The summed E-state index contributed by atoms with van der Waals surface area (Å²) < 4.78 is 15.4. The van der Waals surface area contributed by atoms with E-state index in [0.29, 0.717) is 11.5 Å². The van der Waals surface area contributed by atoms with Gasteiger partial charge in [-0.1, -0.05) is 12.1 Å². The molecule has 0 saturated heterocycles. The van der Waals surface area contributed by atoms with Gasteiger partial charge in [-0.3, -0.25) is 0 Å². The third-order valence-electron chi connectivity index (χ3n) is 2.77. The largest absolute Gasteiger partial charge is 0.486 e. The van der Waals surface area contributed by atoms with Crippen LogP contribution in [0.5, 0.6) is 5.75 Å². The van der Waals surface area contributed by atoms with Crippen molar-refractivity contribution in [3.63, 3.8) is 0 Å². The van der Waals surface area contributed by atoms with Crippen molar-refractivity contribution in [3.8, 4) is 5.75 Å². The maximum absolute atomic E-state index is 11.2. The average Bonchev–Trinajstić information content (AvgIpc) is 2.93. The highest BCUT2D eigenvalue weighted by Gasteiger charge is 2.11. The molecule has 0 saturated carbocycles. The second-order valence-corrected chi connectivity index (χ2v) is 4.29. The molecule has 2 aromatic rings. The fraction of sp³-hybridized carbons (Fsp3) is 0.267. The number of furan rings is 1. The Kier molecular flexibility index (Phi) is 4.42. The van der Waals surface area contributed by atoms with Crippen molar-refractivity contribution >= 4 is 5.97 Å². The lowest BCUT2D eigenvalue weighted by atomic mass is 10.1. The predicted octanol–water partition coefficient (Wildman–Crippen LogP) is 2.70. The second kappa shape index (κ2) is 6.25. The lowest BCUT2D eigenvalue weighted by Gasteiger charge is -2.08. The van der Waals surface area contributed by atoms with Crippen molar-refractivity contribution in [2.75, 3.05) is 7.11 Å². The van der Waals surface area contributed by atoms with Crippen LogP contribution in [0.1, 0.15) is 34.9 Å². The van der Waals surface area contributed by atoms with Crippen LogP contribution in [0.4, 0.5) is 0 Å². The van der Waals surface area contributed by atoms with Crippen molar-refractivity contribution < 1.29 is 23.8 Å². The normalized spacial score (nSPS) is 11.9. The molecule has 5 heteroatoms.